The number of rotatable bonds is 1. The van der Waals surface area contributed by atoms with Crippen LogP contribution in [0.4, 0.5) is 0 Å². The molecule has 0 heterocycles. The Morgan fingerprint density at radius 3 is 2.92 bits per heavy atom. The van der Waals surface area contributed by atoms with Crippen LogP contribution in [-0.2, 0) is 12.1 Å². The van der Waals surface area contributed by atoms with Gasteiger partial charge in [-0.25, -0.2) is 0 Å². The largest absolute Gasteiger partial charge is 0.372 e. The third kappa shape index (κ3) is 0.958. The quantitative estimate of drug-likeness (QED) is 0.605. The van der Waals surface area contributed by atoms with Crippen molar-refractivity contribution in [2.24, 2.45) is 0 Å². The van der Waals surface area contributed by atoms with Crippen LogP contribution in [0.25, 0.3) is 0 Å². The minimum Gasteiger partial charge on any atom is -0.372 e. The first-order valence-corrected chi connectivity index (χ1v) is 4.26. The van der Waals surface area contributed by atoms with Gasteiger partial charge in [0.05, 0.1) is 0 Å². The maximum atomic E-state index is 10.0. The van der Waals surface area contributed by atoms with Crippen molar-refractivity contribution in [3.05, 3.63) is 35.4 Å². The van der Waals surface area contributed by atoms with Crippen molar-refractivity contribution in [3.8, 4) is 0 Å². The van der Waals surface area contributed by atoms with Crippen molar-refractivity contribution in [2.75, 3.05) is 7.05 Å². The lowest BCUT2D eigenvalue weighted by atomic mass is 10.1. The molecule has 2 N–H and O–H groups in total. The Hall–Kier alpha value is -0.860. The van der Waals surface area contributed by atoms with E-state index in [-0.39, 0.29) is 0 Å². The fraction of sp³-hybridized carbons (Fsp3) is 0.400. The van der Waals surface area contributed by atoms with Gasteiger partial charge in [-0.3, -0.25) is 5.32 Å². The molecule has 2 nitrogen and oxygen atoms in total. The molecule has 0 aromatic heterocycles. The number of benzene rings is 1. The molecular weight excluding hydrogens is 150 g/mol. The number of hydrogen-bond acceptors (Lipinski definition) is 2. The molecule has 1 atom stereocenters. The van der Waals surface area contributed by atoms with Crippen LogP contribution in [0, 0.1) is 0 Å². The van der Waals surface area contributed by atoms with E-state index in [4.69, 9.17) is 0 Å². The standard InChI is InChI=1S/C10H13NO/c1-11-10(12)7-6-8-4-2-3-5-9(8)10/h2-5,11-12H,6-7H2,1H3/t10-/m1/s1. The molecule has 0 bridgehead atoms. The first-order valence-electron chi connectivity index (χ1n) is 4.26. The average Bonchev–Trinajstić information content (AvgIpc) is 2.46. The third-order valence-corrected chi connectivity index (χ3v) is 2.63. The van der Waals surface area contributed by atoms with Crippen molar-refractivity contribution in [1.82, 2.24) is 5.32 Å². The van der Waals surface area contributed by atoms with Crippen molar-refractivity contribution < 1.29 is 5.11 Å². The monoisotopic (exact) mass is 163 g/mol. The maximum absolute atomic E-state index is 10.0. The molecule has 0 saturated heterocycles. The number of aryl methyl sites for hydroxylation is 1. The zero-order valence-electron chi connectivity index (χ0n) is 7.17. The van der Waals surface area contributed by atoms with E-state index in [9.17, 15) is 5.11 Å². The summed E-state index contributed by atoms with van der Waals surface area (Å²) in [6.45, 7) is 0. The Labute approximate surface area is 72.2 Å². The van der Waals surface area contributed by atoms with Crippen molar-refractivity contribution in [1.29, 1.82) is 0 Å². The highest BCUT2D eigenvalue weighted by Gasteiger charge is 2.34. The summed E-state index contributed by atoms with van der Waals surface area (Å²) >= 11 is 0. The van der Waals surface area contributed by atoms with E-state index in [0.717, 1.165) is 18.4 Å². The molecule has 64 valence electrons. The Morgan fingerprint density at radius 1 is 1.42 bits per heavy atom. The molecule has 0 amide bonds. The van der Waals surface area contributed by atoms with E-state index in [2.05, 4.69) is 11.4 Å². The van der Waals surface area contributed by atoms with E-state index in [0.29, 0.717) is 0 Å². The van der Waals surface area contributed by atoms with Gasteiger partial charge in [0.1, 0.15) is 5.72 Å². The van der Waals surface area contributed by atoms with Gasteiger partial charge in [-0.2, -0.15) is 0 Å². The van der Waals surface area contributed by atoms with Gasteiger partial charge in [-0.1, -0.05) is 24.3 Å². The van der Waals surface area contributed by atoms with Gasteiger partial charge in [0, 0.05) is 5.56 Å². The van der Waals surface area contributed by atoms with E-state index >= 15 is 0 Å². The lowest BCUT2D eigenvalue weighted by Gasteiger charge is -2.22. The lowest BCUT2D eigenvalue weighted by Crippen LogP contribution is -2.37. The summed E-state index contributed by atoms with van der Waals surface area (Å²) in [6.07, 6.45) is 1.75. The minimum absolute atomic E-state index is 0.781. The molecule has 1 aliphatic rings. The zero-order chi connectivity index (χ0) is 8.60. The molecule has 0 aliphatic heterocycles. The number of nitrogens with one attached hydrogen (secondary N) is 1. The molecule has 0 saturated carbocycles. The zero-order valence-corrected chi connectivity index (χ0v) is 7.17. The van der Waals surface area contributed by atoms with Gasteiger partial charge in [0.15, 0.2) is 0 Å². The molecule has 2 heteroatoms. The van der Waals surface area contributed by atoms with Crippen LogP contribution in [0.2, 0.25) is 0 Å². The fourth-order valence-electron chi connectivity index (χ4n) is 1.85. The molecule has 0 unspecified atom stereocenters. The SMILES string of the molecule is CN[C@@]1(O)CCc2ccccc21. The van der Waals surface area contributed by atoms with E-state index in [1.54, 1.807) is 7.05 Å². The Kier molecular flexibility index (Phi) is 1.67. The van der Waals surface area contributed by atoms with Crippen LogP contribution in [0.3, 0.4) is 0 Å². The van der Waals surface area contributed by atoms with Gasteiger partial charge in [-0.15, -0.1) is 0 Å². The molecule has 1 aromatic carbocycles. The van der Waals surface area contributed by atoms with Crippen LogP contribution in [0.15, 0.2) is 24.3 Å². The van der Waals surface area contributed by atoms with Gasteiger partial charge in [0.2, 0.25) is 0 Å². The second kappa shape index (κ2) is 2.57. The third-order valence-electron chi connectivity index (χ3n) is 2.63. The van der Waals surface area contributed by atoms with Gasteiger partial charge in [-0.05, 0) is 25.5 Å². The van der Waals surface area contributed by atoms with Crippen LogP contribution in [0.5, 0.6) is 0 Å². The first-order chi connectivity index (χ1) is 5.76. The average molecular weight is 163 g/mol. The molecule has 0 fully saturated rings. The smallest absolute Gasteiger partial charge is 0.142 e. The summed E-state index contributed by atoms with van der Waals surface area (Å²) in [4.78, 5) is 0. The van der Waals surface area contributed by atoms with Crippen LogP contribution in [0.1, 0.15) is 17.5 Å². The number of hydrogen-bond donors (Lipinski definition) is 2. The fourth-order valence-corrected chi connectivity index (χ4v) is 1.85. The normalized spacial score (nSPS) is 27.2. The predicted molar refractivity (Wildman–Crippen MR) is 47.7 cm³/mol. The van der Waals surface area contributed by atoms with Gasteiger partial charge >= 0.3 is 0 Å². The number of aliphatic hydroxyl groups is 1. The van der Waals surface area contributed by atoms with Crippen LogP contribution >= 0.6 is 0 Å². The van der Waals surface area contributed by atoms with Crippen molar-refractivity contribution in [3.63, 3.8) is 0 Å². The summed E-state index contributed by atoms with van der Waals surface area (Å²) in [6, 6.07) is 8.04. The van der Waals surface area contributed by atoms with Gasteiger partial charge in [0.25, 0.3) is 0 Å². The Bertz CT molecular complexity index is 298. The van der Waals surface area contributed by atoms with E-state index in [1.807, 2.05) is 18.2 Å². The second-order valence-corrected chi connectivity index (χ2v) is 3.27. The molecule has 2 rings (SSSR count). The van der Waals surface area contributed by atoms with E-state index in [1.165, 1.54) is 5.56 Å². The van der Waals surface area contributed by atoms with Crippen LogP contribution in [-0.4, -0.2) is 12.2 Å². The number of fused-ring (bicyclic) bond motifs is 1. The first kappa shape index (κ1) is 7.77. The van der Waals surface area contributed by atoms with Crippen molar-refractivity contribution >= 4 is 0 Å². The van der Waals surface area contributed by atoms with Crippen LogP contribution < -0.4 is 5.32 Å². The van der Waals surface area contributed by atoms with Gasteiger partial charge < -0.3 is 5.11 Å². The van der Waals surface area contributed by atoms with E-state index < -0.39 is 5.72 Å². The molecule has 1 aliphatic carbocycles. The highest BCUT2D eigenvalue weighted by atomic mass is 16.3. The molecule has 0 spiro atoms. The molecule has 0 radical (unpaired) electrons. The summed E-state index contributed by atoms with van der Waals surface area (Å²) in [5.41, 5.74) is 1.51. The topological polar surface area (TPSA) is 32.3 Å². The Morgan fingerprint density at radius 2 is 2.17 bits per heavy atom. The summed E-state index contributed by atoms with van der Waals surface area (Å²) < 4.78 is 0. The predicted octanol–water partition coefficient (Wildman–Crippen LogP) is 0.997. The molecule has 1 aromatic rings. The highest BCUT2D eigenvalue weighted by Crippen LogP contribution is 2.33. The maximum Gasteiger partial charge on any atom is 0.142 e. The second-order valence-electron chi connectivity index (χ2n) is 3.27. The highest BCUT2D eigenvalue weighted by molar-refractivity contribution is 5.36. The summed E-state index contributed by atoms with van der Waals surface area (Å²) in [5, 5.41) is 13.0. The van der Waals surface area contributed by atoms with Crippen molar-refractivity contribution in [2.45, 2.75) is 18.6 Å². The molecule has 12 heavy (non-hydrogen) atoms. The lowest BCUT2D eigenvalue weighted by molar-refractivity contribution is 0.0102. The summed E-state index contributed by atoms with van der Waals surface area (Å²) in [5.74, 6) is 0. The minimum atomic E-state index is -0.781. The summed E-state index contributed by atoms with van der Waals surface area (Å²) in [7, 11) is 1.79. The Balaban J connectivity index is 2.49. The molecular formula is C10H13NO.